The van der Waals surface area contributed by atoms with Crippen LogP contribution in [0.5, 0.6) is 5.88 Å². The van der Waals surface area contributed by atoms with E-state index >= 15 is 0 Å². The van der Waals surface area contributed by atoms with E-state index in [4.69, 9.17) is 4.74 Å². The first-order valence-electron chi connectivity index (χ1n) is 8.35. The number of piperidine rings is 1. The molecule has 25 heavy (non-hydrogen) atoms. The molecular weight excluding hydrogens is 323 g/mol. The number of likely N-dealkylation sites (tertiary alicyclic amines) is 1. The molecule has 0 N–H and O–H groups in total. The molecule has 6 nitrogen and oxygen atoms in total. The van der Waals surface area contributed by atoms with Gasteiger partial charge in [0.2, 0.25) is 5.88 Å². The van der Waals surface area contributed by atoms with E-state index in [1.54, 1.807) is 4.90 Å². The number of carbonyl (C=O) groups excluding carboxylic acids is 1. The van der Waals surface area contributed by atoms with Crippen LogP contribution in [0.15, 0.2) is 24.8 Å². The summed E-state index contributed by atoms with van der Waals surface area (Å²) in [5.41, 5.74) is 2.16. The Morgan fingerprint density at radius 3 is 2.76 bits per heavy atom. The summed E-state index contributed by atoms with van der Waals surface area (Å²) in [7, 11) is 0. The van der Waals surface area contributed by atoms with Crippen LogP contribution in [0.4, 0.5) is 4.39 Å². The van der Waals surface area contributed by atoms with E-state index in [1.807, 2.05) is 13.8 Å². The first kappa shape index (κ1) is 17.3. The molecule has 0 spiro atoms. The van der Waals surface area contributed by atoms with Crippen molar-refractivity contribution in [2.75, 3.05) is 19.7 Å². The number of aromatic nitrogens is 3. The van der Waals surface area contributed by atoms with Crippen LogP contribution in [0.1, 0.15) is 34.5 Å². The van der Waals surface area contributed by atoms with E-state index < -0.39 is 5.82 Å². The van der Waals surface area contributed by atoms with Crippen molar-refractivity contribution < 1.29 is 13.9 Å². The Morgan fingerprint density at radius 2 is 2.04 bits per heavy atom. The first-order valence-corrected chi connectivity index (χ1v) is 8.35. The Hall–Kier alpha value is -2.57. The minimum Gasteiger partial charge on any atom is -0.477 e. The zero-order valence-corrected chi connectivity index (χ0v) is 14.4. The molecule has 0 bridgehead atoms. The zero-order chi connectivity index (χ0) is 17.8. The van der Waals surface area contributed by atoms with E-state index in [-0.39, 0.29) is 5.91 Å². The second kappa shape index (κ2) is 7.55. The molecule has 1 aliphatic rings. The molecule has 132 valence electrons. The van der Waals surface area contributed by atoms with Gasteiger partial charge in [-0.3, -0.25) is 9.78 Å². The van der Waals surface area contributed by atoms with Gasteiger partial charge in [0.05, 0.1) is 18.4 Å². The Balaban J connectivity index is 1.52. The largest absolute Gasteiger partial charge is 0.477 e. The standard InChI is InChI=1S/C18H21FN4O2/c1-12-13(2)21-11-22-17(12)25-10-14-3-5-23(6-4-14)18(24)15-7-16(19)9-20-8-15/h7-9,11,14H,3-6,10H2,1-2H3. The van der Waals surface area contributed by atoms with Crippen LogP contribution in [0.25, 0.3) is 0 Å². The summed E-state index contributed by atoms with van der Waals surface area (Å²) in [6.45, 7) is 5.70. The minimum absolute atomic E-state index is 0.173. The zero-order valence-electron chi connectivity index (χ0n) is 14.4. The van der Waals surface area contributed by atoms with Gasteiger partial charge in [-0.2, -0.15) is 0 Å². The number of amides is 1. The number of hydrogen-bond donors (Lipinski definition) is 0. The van der Waals surface area contributed by atoms with Gasteiger partial charge in [-0.25, -0.2) is 14.4 Å². The summed E-state index contributed by atoms with van der Waals surface area (Å²) < 4.78 is 19.1. The molecule has 0 atom stereocenters. The van der Waals surface area contributed by atoms with E-state index in [0.717, 1.165) is 30.3 Å². The molecule has 3 rings (SSSR count). The fourth-order valence-corrected chi connectivity index (χ4v) is 2.87. The number of rotatable bonds is 4. The van der Waals surface area contributed by atoms with Gasteiger partial charge in [0.15, 0.2) is 0 Å². The van der Waals surface area contributed by atoms with Gasteiger partial charge in [0.25, 0.3) is 5.91 Å². The highest BCUT2D eigenvalue weighted by Gasteiger charge is 2.24. The van der Waals surface area contributed by atoms with Gasteiger partial charge in [-0.15, -0.1) is 0 Å². The maximum atomic E-state index is 13.2. The minimum atomic E-state index is -0.496. The average Bonchev–Trinajstić information content (AvgIpc) is 2.63. The molecule has 1 amide bonds. The van der Waals surface area contributed by atoms with Gasteiger partial charge in [-0.1, -0.05) is 0 Å². The summed E-state index contributed by atoms with van der Waals surface area (Å²) in [4.78, 5) is 26.2. The second-order valence-corrected chi connectivity index (χ2v) is 6.33. The average molecular weight is 344 g/mol. The smallest absolute Gasteiger partial charge is 0.255 e. The van der Waals surface area contributed by atoms with Gasteiger partial charge in [0, 0.05) is 30.5 Å². The lowest BCUT2D eigenvalue weighted by Crippen LogP contribution is -2.39. The van der Waals surface area contributed by atoms with E-state index in [9.17, 15) is 9.18 Å². The highest BCUT2D eigenvalue weighted by molar-refractivity contribution is 5.93. The number of ether oxygens (including phenoxy) is 1. The molecular formula is C18H21FN4O2. The lowest BCUT2D eigenvalue weighted by atomic mass is 9.97. The molecule has 2 aromatic heterocycles. The third kappa shape index (κ3) is 4.10. The summed E-state index contributed by atoms with van der Waals surface area (Å²) in [6, 6.07) is 1.23. The van der Waals surface area contributed by atoms with Crippen molar-refractivity contribution >= 4 is 5.91 Å². The predicted molar refractivity (Wildman–Crippen MR) is 89.8 cm³/mol. The number of nitrogens with zero attached hydrogens (tertiary/aromatic N) is 4. The molecule has 1 aliphatic heterocycles. The number of aryl methyl sites for hydroxylation is 1. The van der Waals surface area contributed by atoms with E-state index in [2.05, 4.69) is 15.0 Å². The van der Waals surface area contributed by atoms with E-state index in [1.165, 1.54) is 18.6 Å². The Morgan fingerprint density at radius 1 is 1.28 bits per heavy atom. The lowest BCUT2D eigenvalue weighted by molar-refractivity contribution is 0.0658. The maximum absolute atomic E-state index is 13.2. The van der Waals surface area contributed by atoms with Crippen molar-refractivity contribution in [3.63, 3.8) is 0 Å². The number of carbonyl (C=O) groups is 1. The summed E-state index contributed by atoms with van der Waals surface area (Å²) in [5, 5.41) is 0. The highest BCUT2D eigenvalue weighted by Crippen LogP contribution is 2.22. The van der Waals surface area contributed by atoms with Crippen LogP contribution < -0.4 is 4.74 Å². The van der Waals surface area contributed by atoms with Gasteiger partial charge >= 0.3 is 0 Å². The quantitative estimate of drug-likeness (QED) is 0.853. The Kier molecular flexibility index (Phi) is 5.21. The third-order valence-electron chi connectivity index (χ3n) is 4.60. The van der Waals surface area contributed by atoms with Gasteiger partial charge < -0.3 is 9.64 Å². The van der Waals surface area contributed by atoms with Crippen LogP contribution in [0.2, 0.25) is 0 Å². The molecule has 7 heteroatoms. The van der Waals surface area contributed by atoms with E-state index in [0.29, 0.717) is 37.1 Å². The molecule has 1 saturated heterocycles. The molecule has 0 aliphatic carbocycles. The molecule has 0 radical (unpaired) electrons. The Bertz CT molecular complexity index is 760. The van der Waals surface area contributed by atoms with Crippen LogP contribution in [-0.4, -0.2) is 45.5 Å². The summed E-state index contributed by atoms with van der Waals surface area (Å²) >= 11 is 0. The second-order valence-electron chi connectivity index (χ2n) is 6.33. The third-order valence-corrected chi connectivity index (χ3v) is 4.60. The SMILES string of the molecule is Cc1ncnc(OCC2CCN(C(=O)c3cncc(F)c3)CC2)c1C. The predicted octanol–water partition coefficient (Wildman–Crippen LogP) is 2.56. The summed E-state index contributed by atoms with van der Waals surface area (Å²) in [6.07, 6.45) is 5.69. The topological polar surface area (TPSA) is 68.2 Å². The fraction of sp³-hybridized carbons (Fsp3) is 0.444. The van der Waals surface area contributed by atoms with Crippen molar-refractivity contribution in [1.29, 1.82) is 0 Å². The van der Waals surface area contributed by atoms with Gasteiger partial charge in [-0.05, 0) is 38.7 Å². The maximum Gasteiger partial charge on any atom is 0.255 e. The molecule has 0 saturated carbocycles. The molecule has 2 aromatic rings. The number of halogens is 1. The lowest BCUT2D eigenvalue weighted by Gasteiger charge is -2.31. The molecule has 1 fully saturated rings. The first-order chi connectivity index (χ1) is 12.0. The van der Waals surface area contributed by atoms with Crippen LogP contribution in [0.3, 0.4) is 0 Å². The Labute approximate surface area is 146 Å². The van der Waals surface area contributed by atoms with Crippen molar-refractivity contribution in [3.05, 3.63) is 47.4 Å². The number of pyridine rings is 1. The fourth-order valence-electron chi connectivity index (χ4n) is 2.87. The monoisotopic (exact) mass is 344 g/mol. The van der Waals surface area contributed by atoms with Crippen LogP contribution in [-0.2, 0) is 0 Å². The normalized spacial score (nSPS) is 15.2. The van der Waals surface area contributed by atoms with Crippen molar-refractivity contribution in [1.82, 2.24) is 19.9 Å². The van der Waals surface area contributed by atoms with Crippen LogP contribution in [0, 0.1) is 25.6 Å². The van der Waals surface area contributed by atoms with Crippen LogP contribution >= 0.6 is 0 Å². The summed E-state index contributed by atoms with van der Waals surface area (Å²) in [5.74, 6) is 0.319. The number of hydrogen-bond acceptors (Lipinski definition) is 5. The van der Waals surface area contributed by atoms with Gasteiger partial charge in [0.1, 0.15) is 12.1 Å². The van der Waals surface area contributed by atoms with Crippen molar-refractivity contribution in [2.24, 2.45) is 5.92 Å². The van der Waals surface area contributed by atoms with Crippen molar-refractivity contribution in [2.45, 2.75) is 26.7 Å². The molecule has 0 aromatic carbocycles. The molecule has 0 unspecified atom stereocenters. The van der Waals surface area contributed by atoms with Crippen molar-refractivity contribution in [3.8, 4) is 5.88 Å². The highest BCUT2D eigenvalue weighted by atomic mass is 19.1. The molecule has 3 heterocycles.